The number of ether oxygens (including phenoxy) is 1. The number of aryl methyl sites for hydroxylation is 1. The minimum absolute atomic E-state index is 0.00959. The van der Waals surface area contributed by atoms with E-state index in [4.69, 9.17) is 9.15 Å². The first-order valence-electron chi connectivity index (χ1n) is 12.4. The number of aromatic nitrogens is 2. The number of anilines is 3. The second-order valence-corrected chi connectivity index (χ2v) is 10.0. The first kappa shape index (κ1) is 25.0. The molecule has 0 unspecified atom stereocenters. The van der Waals surface area contributed by atoms with Gasteiger partial charge in [0.15, 0.2) is 0 Å². The SMILES string of the molecule is Cc1cc(C[C@@]2(C)CNCCN2C(=O)OC(C)C)c(C)c(Nc2nnc(N3CCCCC3=O)o2)c1. The zero-order chi connectivity index (χ0) is 25.2. The molecule has 0 aliphatic carbocycles. The van der Waals surface area contributed by atoms with Gasteiger partial charge in [-0.1, -0.05) is 16.3 Å². The van der Waals surface area contributed by atoms with Gasteiger partial charge in [0.05, 0.1) is 11.6 Å². The van der Waals surface area contributed by atoms with E-state index in [-0.39, 0.29) is 30.1 Å². The number of carbonyl (C=O) groups excluding carboxylic acids is 2. The van der Waals surface area contributed by atoms with Crippen LogP contribution in [-0.4, -0.2) is 64.9 Å². The van der Waals surface area contributed by atoms with E-state index in [0.29, 0.717) is 32.5 Å². The van der Waals surface area contributed by atoms with Crippen molar-refractivity contribution in [1.29, 1.82) is 0 Å². The van der Waals surface area contributed by atoms with E-state index < -0.39 is 5.54 Å². The summed E-state index contributed by atoms with van der Waals surface area (Å²) in [5.74, 6) is 0.00959. The fourth-order valence-electron chi connectivity index (χ4n) is 4.80. The number of hydrogen-bond acceptors (Lipinski definition) is 8. The number of piperidine rings is 1. The van der Waals surface area contributed by atoms with Crippen LogP contribution in [0.2, 0.25) is 0 Å². The highest BCUT2D eigenvalue weighted by Crippen LogP contribution is 2.31. The highest BCUT2D eigenvalue weighted by Gasteiger charge is 2.39. The number of carbonyl (C=O) groups is 2. The summed E-state index contributed by atoms with van der Waals surface area (Å²) in [6.07, 6.45) is 2.53. The van der Waals surface area contributed by atoms with Gasteiger partial charge in [-0.15, -0.1) is 0 Å². The van der Waals surface area contributed by atoms with E-state index in [2.05, 4.69) is 33.8 Å². The Kier molecular flexibility index (Phi) is 7.30. The Bertz CT molecular complexity index is 1080. The van der Waals surface area contributed by atoms with Gasteiger partial charge in [0, 0.05) is 38.3 Å². The Hall–Kier alpha value is -3.14. The normalized spacial score (nSPS) is 20.9. The molecule has 190 valence electrons. The van der Waals surface area contributed by atoms with Gasteiger partial charge in [-0.25, -0.2) is 4.79 Å². The van der Waals surface area contributed by atoms with Crippen molar-refractivity contribution in [1.82, 2.24) is 20.4 Å². The molecule has 2 amide bonds. The number of nitrogens with zero attached hydrogens (tertiary/aromatic N) is 4. The van der Waals surface area contributed by atoms with Crippen LogP contribution in [0.1, 0.15) is 56.7 Å². The van der Waals surface area contributed by atoms with E-state index in [0.717, 1.165) is 41.8 Å². The average molecular weight is 485 g/mol. The molecule has 2 saturated heterocycles. The van der Waals surface area contributed by atoms with Crippen LogP contribution in [0.25, 0.3) is 0 Å². The van der Waals surface area contributed by atoms with Crippen LogP contribution in [0.4, 0.5) is 22.5 Å². The molecule has 2 N–H and O–H groups in total. The van der Waals surface area contributed by atoms with Gasteiger partial charge in [-0.3, -0.25) is 14.6 Å². The van der Waals surface area contributed by atoms with Gasteiger partial charge in [0.1, 0.15) is 0 Å². The maximum absolute atomic E-state index is 12.8. The predicted octanol–water partition coefficient (Wildman–Crippen LogP) is 3.70. The quantitative estimate of drug-likeness (QED) is 0.638. The van der Waals surface area contributed by atoms with Crippen LogP contribution < -0.4 is 15.5 Å². The van der Waals surface area contributed by atoms with Crippen LogP contribution in [0.5, 0.6) is 0 Å². The van der Waals surface area contributed by atoms with Crippen molar-refractivity contribution in [2.75, 3.05) is 36.4 Å². The number of piperazine rings is 1. The molecule has 0 radical (unpaired) electrons. The Morgan fingerprint density at radius 1 is 1.26 bits per heavy atom. The lowest BCUT2D eigenvalue weighted by Crippen LogP contribution is -2.62. The molecule has 2 aromatic rings. The number of nitrogens with one attached hydrogen (secondary N) is 2. The number of rotatable bonds is 6. The van der Waals surface area contributed by atoms with Crippen LogP contribution in [-0.2, 0) is 16.0 Å². The van der Waals surface area contributed by atoms with Crippen molar-refractivity contribution in [2.45, 2.75) is 71.9 Å². The van der Waals surface area contributed by atoms with Crippen molar-refractivity contribution >= 4 is 29.7 Å². The monoisotopic (exact) mass is 484 g/mol. The fraction of sp³-hybridized carbons (Fsp3) is 0.600. The van der Waals surface area contributed by atoms with Gasteiger partial charge < -0.3 is 19.8 Å². The summed E-state index contributed by atoms with van der Waals surface area (Å²) in [6, 6.07) is 4.65. The third-order valence-corrected chi connectivity index (χ3v) is 6.67. The van der Waals surface area contributed by atoms with Crippen LogP contribution in [0.3, 0.4) is 0 Å². The van der Waals surface area contributed by atoms with Crippen LogP contribution in [0, 0.1) is 13.8 Å². The lowest BCUT2D eigenvalue weighted by Gasteiger charge is -2.45. The predicted molar refractivity (Wildman–Crippen MR) is 133 cm³/mol. The van der Waals surface area contributed by atoms with E-state index >= 15 is 0 Å². The molecule has 3 heterocycles. The zero-order valence-corrected chi connectivity index (χ0v) is 21.3. The van der Waals surface area contributed by atoms with Crippen molar-refractivity contribution in [2.24, 2.45) is 0 Å². The van der Waals surface area contributed by atoms with Gasteiger partial charge in [-0.05, 0) is 76.6 Å². The third-order valence-electron chi connectivity index (χ3n) is 6.67. The summed E-state index contributed by atoms with van der Waals surface area (Å²) in [6.45, 7) is 12.5. The second-order valence-electron chi connectivity index (χ2n) is 10.0. The molecule has 2 aliphatic rings. The number of benzene rings is 1. The minimum Gasteiger partial charge on any atom is -0.447 e. The molecule has 0 spiro atoms. The molecule has 2 aliphatic heterocycles. The Morgan fingerprint density at radius 2 is 2.06 bits per heavy atom. The second kappa shape index (κ2) is 10.2. The van der Waals surface area contributed by atoms with E-state index in [1.165, 1.54) is 0 Å². The van der Waals surface area contributed by atoms with Gasteiger partial charge in [-0.2, -0.15) is 0 Å². The van der Waals surface area contributed by atoms with Crippen LogP contribution in [0.15, 0.2) is 16.5 Å². The summed E-state index contributed by atoms with van der Waals surface area (Å²) in [7, 11) is 0. The average Bonchev–Trinajstić information content (AvgIpc) is 3.25. The van der Waals surface area contributed by atoms with Gasteiger partial charge >= 0.3 is 18.1 Å². The summed E-state index contributed by atoms with van der Waals surface area (Å²) < 4.78 is 11.3. The molecule has 35 heavy (non-hydrogen) atoms. The maximum atomic E-state index is 12.8. The lowest BCUT2D eigenvalue weighted by atomic mass is 9.86. The summed E-state index contributed by atoms with van der Waals surface area (Å²) >= 11 is 0. The Morgan fingerprint density at radius 3 is 2.80 bits per heavy atom. The Balaban J connectivity index is 1.55. The summed E-state index contributed by atoms with van der Waals surface area (Å²) in [4.78, 5) is 28.4. The highest BCUT2D eigenvalue weighted by atomic mass is 16.6. The molecule has 4 rings (SSSR count). The molecule has 0 bridgehead atoms. The zero-order valence-electron chi connectivity index (χ0n) is 21.3. The molecule has 10 nitrogen and oxygen atoms in total. The molecule has 1 aromatic heterocycles. The lowest BCUT2D eigenvalue weighted by molar-refractivity contribution is -0.119. The summed E-state index contributed by atoms with van der Waals surface area (Å²) in [5, 5.41) is 14.9. The van der Waals surface area contributed by atoms with Crippen LogP contribution >= 0.6 is 0 Å². The maximum Gasteiger partial charge on any atom is 0.410 e. The summed E-state index contributed by atoms with van der Waals surface area (Å²) in [5.41, 5.74) is 3.64. The largest absolute Gasteiger partial charge is 0.447 e. The molecule has 0 saturated carbocycles. The van der Waals surface area contributed by atoms with Crippen molar-refractivity contribution < 1.29 is 18.7 Å². The Labute approximate surface area is 206 Å². The molecular weight excluding hydrogens is 448 g/mol. The number of amides is 2. The standard InChI is InChI=1S/C25H36N6O4/c1-16(2)34-24(33)31-11-9-26-15-25(31,5)14-19-12-17(3)13-20(18(19)4)27-22-28-29-23(35-22)30-10-7-6-8-21(30)32/h12-13,16,26H,6-11,14-15H2,1-5H3,(H,27,28)/t25-/m0/s1. The first-order valence-corrected chi connectivity index (χ1v) is 12.4. The van der Waals surface area contributed by atoms with Crippen molar-refractivity contribution in [3.05, 3.63) is 28.8 Å². The third kappa shape index (κ3) is 5.58. The number of hydrogen-bond donors (Lipinski definition) is 2. The molecular formula is C25H36N6O4. The molecule has 1 aromatic carbocycles. The highest BCUT2D eigenvalue weighted by molar-refractivity contribution is 5.91. The van der Waals surface area contributed by atoms with E-state index in [1.807, 2.05) is 38.7 Å². The van der Waals surface area contributed by atoms with E-state index in [9.17, 15) is 9.59 Å². The first-order chi connectivity index (χ1) is 16.7. The minimum atomic E-state index is -0.438. The molecule has 10 heteroatoms. The molecule has 2 fully saturated rings. The van der Waals surface area contributed by atoms with Crippen molar-refractivity contribution in [3.8, 4) is 0 Å². The molecule has 1 atom stereocenters. The van der Waals surface area contributed by atoms with Gasteiger partial charge in [0.25, 0.3) is 0 Å². The topological polar surface area (TPSA) is 113 Å². The smallest absolute Gasteiger partial charge is 0.410 e. The fourth-order valence-corrected chi connectivity index (χ4v) is 4.80. The van der Waals surface area contributed by atoms with E-state index in [1.54, 1.807) is 4.90 Å². The van der Waals surface area contributed by atoms with Crippen molar-refractivity contribution in [3.63, 3.8) is 0 Å². The van der Waals surface area contributed by atoms with Gasteiger partial charge in [0.2, 0.25) is 5.91 Å².